The molecule has 0 aliphatic carbocycles. The zero-order chi connectivity index (χ0) is 51.9. The fourth-order valence-corrected chi connectivity index (χ4v) is 8.63. The van der Waals surface area contributed by atoms with Crippen molar-refractivity contribution < 1.29 is 33.7 Å². The fourth-order valence-electron chi connectivity index (χ4n) is 8.63. The number of benzene rings is 6. The summed E-state index contributed by atoms with van der Waals surface area (Å²) in [6.07, 6.45) is 3.75. The maximum Gasteiger partial charge on any atom is 0.337 e. The Labute approximate surface area is 423 Å². The topological polar surface area (TPSA) is 131 Å². The lowest BCUT2D eigenvalue weighted by molar-refractivity contribution is -0.120. The van der Waals surface area contributed by atoms with Crippen LogP contribution in [0.1, 0.15) is 86.1 Å². The van der Waals surface area contributed by atoms with Crippen molar-refractivity contribution in [2.45, 2.75) is 80.5 Å². The lowest BCUT2D eigenvalue weighted by atomic mass is 9.91. The minimum atomic E-state index is -0.942. The van der Waals surface area contributed by atoms with Gasteiger partial charge in [0.25, 0.3) is 0 Å². The van der Waals surface area contributed by atoms with Crippen molar-refractivity contribution in [1.82, 2.24) is 9.97 Å². The molecule has 11 heteroatoms. The molecule has 8 aromatic rings. The number of hydrogen-bond donors (Lipinski definition) is 1. The van der Waals surface area contributed by atoms with Gasteiger partial charge >= 0.3 is 5.97 Å². The fraction of sp³-hybridized carbons (Fsp3) is 0.262. The van der Waals surface area contributed by atoms with E-state index in [9.17, 15) is 19.5 Å². The Hall–Kier alpha value is -7.89. The van der Waals surface area contributed by atoms with E-state index in [1.807, 2.05) is 120 Å². The van der Waals surface area contributed by atoms with Gasteiger partial charge in [0, 0.05) is 36.5 Å². The van der Waals surface area contributed by atoms with E-state index in [2.05, 4.69) is 46.4 Å². The van der Waals surface area contributed by atoms with Crippen molar-refractivity contribution in [3.05, 3.63) is 179 Å². The van der Waals surface area contributed by atoms with E-state index in [0.29, 0.717) is 36.7 Å². The monoisotopic (exact) mass is 964 g/mol. The number of rotatable bonds is 13. The van der Waals surface area contributed by atoms with Crippen molar-refractivity contribution in [1.29, 1.82) is 0 Å². The van der Waals surface area contributed by atoms with Gasteiger partial charge in [-0.05, 0) is 155 Å². The van der Waals surface area contributed by atoms with Gasteiger partial charge in [0.15, 0.2) is 0 Å². The van der Waals surface area contributed by atoms with E-state index >= 15 is 0 Å². The Morgan fingerprint density at radius 1 is 0.556 bits per heavy atom. The predicted octanol–water partition coefficient (Wildman–Crippen LogP) is 13.0. The van der Waals surface area contributed by atoms with E-state index in [0.717, 1.165) is 83.1 Å². The number of hydrogen-bond acceptors (Lipinski definition) is 9. The van der Waals surface area contributed by atoms with Crippen molar-refractivity contribution in [2.24, 2.45) is 5.41 Å². The second-order valence-electron chi connectivity index (χ2n) is 19.8. The number of nitrogens with zero attached hydrogens (tertiary/aromatic N) is 4. The Bertz CT molecular complexity index is 3240. The maximum absolute atomic E-state index is 13.6. The quantitative estimate of drug-likeness (QED) is 0.112. The third-order valence-corrected chi connectivity index (χ3v) is 12.5. The highest BCUT2D eigenvalue weighted by Crippen LogP contribution is 2.34. The number of methoxy groups -OCH3 is 3. The van der Waals surface area contributed by atoms with E-state index < -0.39 is 11.6 Å². The second kappa shape index (κ2) is 22.0. The molecule has 8 rings (SSSR count). The number of carbonyl (C=O) groups excluding carboxylic acids is 3. The van der Waals surface area contributed by atoms with Gasteiger partial charge in [-0.2, -0.15) is 0 Å². The normalized spacial score (nSPS) is 11.4. The zero-order valence-corrected chi connectivity index (χ0v) is 43.2. The van der Waals surface area contributed by atoms with Crippen LogP contribution in [0.2, 0.25) is 0 Å². The summed E-state index contributed by atoms with van der Waals surface area (Å²) in [7, 11) is 4.71. The summed E-state index contributed by atoms with van der Waals surface area (Å²) in [5, 5.41) is 13.8. The predicted molar refractivity (Wildman–Crippen MR) is 289 cm³/mol. The summed E-state index contributed by atoms with van der Waals surface area (Å²) < 4.78 is 15.6. The molecule has 11 nitrogen and oxygen atoms in total. The number of amides is 2. The van der Waals surface area contributed by atoms with E-state index in [-0.39, 0.29) is 17.2 Å². The minimum Gasteiger partial charge on any atom is -0.496 e. The van der Waals surface area contributed by atoms with Crippen LogP contribution in [0.5, 0.6) is 11.5 Å². The Kier molecular flexibility index (Phi) is 15.9. The van der Waals surface area contributed by atoms with E-state index in [1.165, 1.54) is 7.11 Å². The van der Waals surface area contributed by atoms with Crippen LogP contribution < -0.4 is 19.3 Å². The molecule has 0 spiro atoms. The molecular weight excluding hydrogens is 901 g/mol. The Balaban J connectivity index is 0.000000213. The van der Waals surface area contributed by atoms with Gasteiger partial charge in [-0.1, -0.05) is 93.6 Å². The first-order chi connectivity index (χ1) is 34.3. The van der Waals surface area contributed by atoms with Crippen LogP contribution in [0.3, 0.4) is 0 Å². The van der Waals surface area contributed by atoms with Crippen LogP contribution >= 0.6 is 0 Å². The van der Waals surface area contributed by atoms with Crippen LogP contribution in [0.4, 0.5) is 11.6 Å². The number of esters is 1. The van der Waals surface area contributed by atoms with Gasteiger partial charge in [0.05, 0.1) is 45.6 Å². The summed E-state index contributed by atoms with van der Waals surface area (Å²) in [4.78, 5) is 50.9. The van der Waals surface area contributed by atoms with Gasteiger partial charge in [0.1, 0.15) is 23.1 Å². The Morgan fingerprint density at radius 3 is 1.46 bits per heavy atom. The maximum atomic E-state index is 13.6. The highest BCUT2D eigenvalue weighted by molar-refractivity contribution is 6.04. The number of anilines is 2. The molecule has 2 amide bonds. The minimum absolute atomic E-state index is 0.00981. The average Bonchev–Trinajstić information content (AvgIpc) is 3.36. The molecule has 0 fully saturated rings. The molecule has 0 aliphatic heterocycles. The summed E-state index contributed by atoms with van der Waals surface area (Å²) in [5.41, 5.74) is 8.71. The van der Waals surface area contributed by atoms with E-state index in [4.69, 9.17) is 14.2 Å². The molecule has 0 bridgehead atoms. The van der Waals surface area contributed by atoms with Crippen LogP contribution in [0, 0.1) is 19.3 Å². The van der Waals surface area contributed by atoms with Crippen LogP contribution in [0.15, 0.2) is 146 Å². The number of ether oxygens (including phenoxy) is 3. The van der Waals surface area contributed by atoms with Crippen molar-refractivity contribution >= 4 is 51.0 Å². The molecule has 0 radical (unpaired) electrons. The molecule has 1 N–H and O–H groups in total. The second-order valence-corrected chi connectivity index (χ2v) is 19.8. The molecule has 72 heavy (non-hydrogen) atoms. The summed E-state index contributed by atoms with van der Waals surface area (Å²) in [5.74, 6) is 2.42. The number of aromatic nitrogens is 2. The standard InChI is InChI=1S/C32H34N2O4.C29H30N2O3/c1-21-17-24(12-14-28(21)37-5)23-9-7-22(8-10-23)20-34(29(35)19-32(2,3)4)30-27-13-11-26(31(36)38-6)18-25(27)15-16-33-30;1-19-16-23(10-13-27(19)34-5)22-8-6-21(7-9-22)18-31(20(2)32)28-26-12-11-25(29(3,4)33)17-24(26)14-15-30-28/h7-18H,19-20H2,1-6H3;6-17,33H,18H2,1-5H3. The molecule has 0 atom stereocenters. The highest BCUT2D eigenvalue weighted by Gasteiger charge is 2.26. The summed E-state index contributed by atoms with van der Waals surface area (Å²) in [6.45, 7) is 16.1. The number of aryl methyl sites for hydroxylation is 2. The lowest BCUT2D eigenvalue weighted by Crippen LogP contribution is -2.34. The van der Waals surface area contributed by atoms with Gasteiger partial charge in [-0.25, -0.2) is 14.8 Å². The van der Waals surface area contributed by atoms with Crippen molar-refractivity contribution in [3.63, 3.8) is 0 Å². The van der Waals surface area contributed by atoms with Gasteiger partial charge < -0.3 is 19.3 Å². The summed E-state index contributed by atoms with van der Waals surface area (Å²) >= 11 is 0. The molecule has 2 heterocycles. The number of carbonyl (C=O) groups is 3. The third-order valence-electron chi connectivity index (χ3n) is 12.5. The third kappa shape index (κ3) is 12.3. The smallest absolute Gasteiger partial charge is 0.337 e. The van der Waals surface area contributed by atoms with Crippen LogP contribution in [-0.2, 0) is 33.0 Å². The van der Waals surface area contributed by atoms with Crippen LogP contribution in [0.25, 0.3) is 43.8 Å². The molecular formula is C61H64N4O7. The largest absolute Gasteiger partial charge is 0.496 e. The molecule has 0 saturated carbocycles. The van der Waals surface area contributed by atoms with Gasteiger partial charge in [-0.15, -0.1) is 0 Å². The number of aliphatic hydroxyl groups is 1. The molecule has 2 aromatic heterocycles. The zero-order valence-electron chi connectivity index (χ0n) is 43.2. The SMILES string of the molecule is COC(=O)c1ccc2c(N(Cc3ccc(-c4ccc(OC)c(C)c4)cc3)C(=O)CC(C)(C)C)nccc2c1.COc1ccc(-c2ccc(CN(C(C)=O)c3nccc4cc(C(C)(C)O)ccc34)cc2)cc1C. The molecule has 0 aliphatic rings. The number of fused-ring (bicyclic) bond motifs is 2. The van der Waals surface area contributed by atoms with Crippen LogP contribution in [-0.4, -0.2) is 54.2 Å². The molecule has 6 aromatic carbocycles. The highest BCUT2D eigenvalue weighted by atomic mass is 16.5. The average molecular weight is 965 g/mol. The van der Waals surface area contributed by atoms with Crippen molar-refractivity contribution in [3.8, 4) is 33.8 Å². The van der Waals surface area contributed by atoms with Gasteiger partial charge in [-0.3, -0.25) is 19.4 Å². The summed E-state index contributed by atoms with van der Waals surface area (Å²) in [6, 6.07) is 43.5. The molecule has 370 valence electrons. The Morgan fingerprint density at radius 2 is 1.01 bits per heavy atom. The van der Waals surface area contributed by atoms with E-state index in [1.54, 1.807) is 69.3 Å². The number of pyridine rings is 2. The molecule has 0 saturated heterocycles. The first-order valence-electron chi connectivity index (χ1n) is 23.9. The van der Waals surface area contributed by atoms with Crippen molar-refractivity contribution in [2.75, 3.05) is 31.1 Å². The first kappa shape index (κ1) is 51.9. The first-order valence-corrected chi connectivity index (χ1v) is 23.9. The lowest BCUT2D eigenvalue weighted by Gasteiger charge is -2.27. The van der Waals surface area contributed by atoms with Gasteiger partial charge in [0.2, 0.25) is 11.8 Å². The molecule has 0 unspecified atom stereocenters.